The Kier molecular flexibility index (Phi) is 3.16. The molecule has 1 aromatic heterocycles. The van der Waals surface area contributed by atoms with Gasteiger partial charge in [-0.25, -0.2) is 14.8 Å². The summed E-state index contributed by atoms with van der Waals surface area (Å²) in [7, 11) is 0. The van der Waals surface area contributed by atoms with E-state index in [4.69, 9.17) is 10.5 Å². The van der Waals surface area contributed by atoms with Crippen molar-refractivity contribution in [2.24, 2.45) is 5.73 Å². The Balaban J connectivity index is 2.03. The van der Waals surface area contributed by atoms with Crippen molar-refractivity contribution in [1.82, 2.24) is 9.97 Å². The molecule has 0 saturated carbocycles. The summed E-state index contributed by atoms with van der Waals surface area (Å²) in [6.07, 6.45) is 2.02. The van der Waals surface area contributed by atoms with E-state index in [2.05, 4.69) is 14.7 Å². The van der Waals surface area contributed by atoms with Crippen LogP contribution in [0.2, 0.25) is 0 Å². The Hall–Kier alpha value is -1.89. The molecule has 1 aromatic rings. The largest absolute Gasteiger partial charge is 0.411 e. The second-order valence-electron chi connectivity index (χ2n) is 3.23. The molecular formula is C9H12N4O3. The number of amides is 1. The smallest absolute Gasteiger partial charge is 0.390 e. The Bertz CT molecular complexity index is 362. The van der Waals surface area contributed by atoms with Gasteiger partial charge in [-0.1, -0.05) is 0 Å². The first-order chi connectivity index (χ1) is 7.75. The Morgan fingerprint density at radius 2 is 2.12 bits per heavy atom. The second-order valence-corrected chi connectivity index (χ2v) is 3.23. The molecule has 0 aromatic carbocycles. The lowest BCUT2D eigenvalue weighted by Crippen LogP contribution is -2.36. The molecule has 7 heteroatoms. The van der Waals surface area contributed by atoms with E-state index in [1.807, 2.05) is 4.90 Å². The first kappa shape index (κ1) is 10.6. The number of aromatic nitrogens is 2. The van der Waals surface area contributed by atoms with Crippen molar-refractivity contribution in [2.45, 2.75) is 0 Å². The van der Waals surface area contributed by atoms with Gasteiger partial charge in [0.25, 0.3) is 0 Å². The number of morpholine rings is 1. The molecule has 0 radical (unpaired) electrons. The summed E-state index contributed by atoms with van der Waals surface area (Å²) in [6.45, 7) is 2.93. The molecule has 0 atom stereocenters. The molecule has 0 spiro atoms. The van der Waals surface area contributed by atoms with E-state index >= 15 is 0 Å². The van der Waals surface area contributed by atoms with Gasteiger partial charge in [0.2, 0.25) is 5.88 Å². The summed E-state index contributed by atoms with van der Waals surface area (Å²) in [6, 6.07) is 0. The van der Waals surface area contributed by atoms with Crippen LogP contribution >= 0.6 is 0 Å². The van der Waals surface area contributed by atoms with Gasteiger partial charge in [0.15, 0.2) is 0 Å². The van der Waals surface area contributed by atoms with Crippen LogP contribution in [-0.2, 0) is 4.74 Å². The van der Waals surface area contributed by atoms with E-state index in [1.54, 1.807) is 6.20 Å². The van der Waals surface area contributed by atoms with E-state index in [9.17, 15) is 4.79 Å². The van der Waals surface area contributed by atoms with Gasteiger partial charge in [0.1, 0.15) is 5.82 Å². The number of carbonyl (C=O) groups excluding carboxylic acids is 1. The fourth-order valence-corrected chi connectivity index (χ4v) is 1.42. The van der Waals surface area contributed by atoms with Crippen molar-refractivity contribution in [2.75, 3.05) is 31.2 Å². The molecule has 1 fully saturated rings. The molecule has 2 heterocycles. The first-order valence-electron chi connectivity index (χ1n) is 4.88. The van der Waals surface area contributed by atoms with E-state index in [0.717, 1.165) is 18.9 Å². The summed E-state index contributed by atoms with van der Waals surface area (Å²) in [4.78, 5) is 20.6. The van der Waals surface area contributed by atoms with Crippen molar-refractivity contribution >= 4 is 11.9 Å². The van der Waals surface area contributed by atoms with Crippen LogP contribution in [0.15, 0.2) is 12.4 Å². The van der Waals surface area contributed by atoms with Crippen LogP contribution in [0, 0.1) is 0 Å². The number of nitrogens with two attached hydrogens (primary N) is 1. The molecule has 1 aliphatic rings. The van der Waals surface area contributed by atoms with Gasteiger partial charge in [-0.05, 0) is 0 Å². The Morgan fingerprint density at radius 1 is 1.38 bits per heavy atom. The normalized spacial score (nSPS) is 15.9. The average molecular weight is 224 g/mol. The molecule has 16 heavy (non-hydrogen) atoms. The number of nitrogens with zero attached hydrogens (tertiary/aromatic N) is 3. The molecule has 1 saturated heterocycles. The van der Waals surface area contributed by atoms with Crippen molar-refractivity contribution in [3.8, 4) is 5.88 Å². The number of hydrogen-bond acceptors (Lipinski definition) is 6. The highest BCUT2D eigenvalue weighted by Crippen LogP contribution is 2.13. The van der Waals surface area contributed by atoms with E-state index in [-0.39, 0.29) is 5.88 Å². The molecule has 0 bridgehead atoms. The van der Waals surface area contributed by atoms with Crippen LogP contribution in [0.4, 0.5) is 10.6 Å². The summed E-state index contributed by atoms with van der Waals surface area (Å²) in [5.41, 5.74) is 4.85. The van der Waals surface area contributed by atoms with E-state index < -0.39 is 6.09 Å². The molecule has 1 aliphatic heterocycles. The zero-order valence-corrected chi connectivity index (χ0v) is 8.63. The summed E-state index contributed by atoms with van der Waals surface area (Å²) >= 11 is 0. The first-order valence-corrected chi connectivity index (χ1v) is 4.88. The van der Waals surface area contributed by atoms with Crippen LogP contribution in [-0.4, -0.2) is 42.4 Å². The SMILES string of the molecule is NC(=O)Oc1cnc(N2CCOCC2)cn1. The van der Waals surface area contributed by atoms with Crippen LogP contribution < -0.4 is 15.4 Å². The van der Waals surface area contributed by atoms with Gasteiger partial charge >= 0.3 is 6.09 Å². The zero-order chi connectivity index (χ0) is 11.4. The third-order valence-corrected chi connectivity index (χ3v) is 2.15. The van der Waals surface area contributed by atoms with E-state index in [0.29, 0.717) is 13.2 Å². The van der Waals surface area contributed by atoms with Crippen molar-refractivity contribution in [1.29, 1.82) is 0 Å². The molecule has 2 rings (SSSR count). The minimum atomic E-state index is -0.895. The van der Waals surface area contributed by atoms with Crippen LogP contribution in [0.5, 0.6) is 5.88 Å². The van der Waals surface area contributed by atoms with Gasteiger partial charge in [-0.15, -0.1) is 0 Å². The molecule has 7 nitrogen and oxygen atoms in total. The maximum atomic E-state index is 10.5. The maximum Gasteiger partial charge on any atom is 0.411 e. The van der Waals surface area contributed by atoms with Gasteiger partial charge in [-0.3, -0.25) is 0 Å². The van der Waals surface area contributed by atoms with Gasteiger partial charge in [0.05, 0.1) is 25.6 Å². The Morgan fingerprint density at radius 3 is 2.69 bits per heavy atom. The lowest BCUT2D eigenvalue weighted by atomic mass is 10.4. The van der Waals surface area contributed by atoms with Crippen molar-refractivity contribution in [3.05, 3.63) is 12.4 Å². The number of rotatable bonds is 2. The molecule has 0 aliphatic carbocycles. The summed E-state index contributed by atoms with van der Waals surface area (Å²) in [5, 5.41) is 0. The Labute approximate surface area is 92.2 Å². The van der Waals surface area contributed by atoms with Gasteiger partial charge < -0.3 is 20.1 Å². The topological polar surface area (TPSA) is 90.6 Å². The van der Waals surface area contributed by atoms with Crippen LogP contribution in [0.1, 0.15) is 0 Å². The molecule has 1 amide bonds. The molecule has 86 valence electrons. The fraction of sp³-hybridized carbons (Fsp3) is 0.444. The monoisotopic (exact) mass is 224 g/mol. The molecular weight excluding hydrogens is 212 g/mol. The highest BCUT2D eigenvalue weighted by Gasteiger charge is 2.12. The summed E-state index contributed by atoms with van der Waals surface area (Å²) < 4.78 is 9.80. The third-order valence-electron chi connectivity index (χ3n) is 2.15. The molecule has 2 N–H and O–H groups in total. The predicted octanol–water partition coefficient (Wildman–Crippen LogP) is -0.229. The van der Waals surface area contributed by atoms with Gasteiger partial charge in [-0.2, -0.15) is 0 Å². The lowest BCUT2D eigenvalue weighted by molar-refractivity contribution is 0.122. The minimum Gasteiger partial charge on any atom is -0.390 e. The number of primary amides is 1. The number of anilines is 1. The third kappa shape index (κ3) is 2.57. The van der Waals surface area contributed by atoms with Crippen LogP contribution in [0.25, 0.3) is 0 Å². The quantitative estimate of drug-likeness (QED) is 0.746. The zero-order valence-electron chi connectivity index (χ0n) is 8.63. The fourth-order valence-electron chi connectivity index (χ4n) is 1.42. The summed E-state index contributed by atoms with van der Waals surface area (Å²) in [5.74, 6) is 0.838. The van der Waals surface area contributed by atoms with Gasteiger partial charge in [0, 0.05) is 13.1 Å². The number of ether oxygens (including phenoxy) is 2. The van der Waals surface area contributed by atoms with Crippen molar-refractivity contribution < 1.29 is 14.3 Å². The predicted molar refractivity (Wildman–Crippen MR) is 55.3 cm³/mol. The average Bonchev–Trinajstić information content (AvgIpc) is 2.30. The van der Waals surface area contributed by atoms with E-state index in [1.165, 1.54) is 6.20 Å². The highest BCUT2D eigenvalue weighted by molar-refractivity contribution is 5.67. The van der Waals surface area contributed by atoms with Crippen LogP contribution in [0.3, 0.4) is 0 Å². The highest BCUT2D eigenvalue weighted by atomic mass is 16.6. The minimum absolute atomic E-state index is 0.101. The number of hydrogen-bond donors (Lipinski definition) is 1. The van der Waals surface area contributed by atoms with Crippen molar-refractivity contribution in [3.63, 3.8) is 0 Å². The second kappa shape index (κ2) is 4.75. The standard InChI is InChI=1S/C9H12N4O3/c10-9(14)16-8-6-11-7(5-12-8)13-1-3-15-4-2-13/h5-6H,1-4H2,(H2,10,14). The number of carbonyl (C=O) groups is 1. The maximum absolute atomic E-state index is 10.5. The molecule has 0 unspecified atom stereocenters. The lowest BCUT2D eigenvalue weighted by Gasteiger charge is -2.27.